The Hall–Kier alpha value is -3.11. The van der Waals surface area contributed by atoms with Gasteiger partial charge in [-0.15, -0.1) is 0 Å². The Morgan fingerprint density at radius 1 is 1.23 bits per heavy atom. The molecule has 1 aromatic heterocycles. The lowest BCUT2D eigenvalue weighted by Crippen LogP contribution is -2.58. The van der Waals surface area contributed by atoms with Crippen LogP contribution < -0.4 is 10.6 Å². The maximum Gasteiger partial charge on any atom is 0.251 e. The number of nitrogens with one attached hydrogen (secondary N) is 2. The van der Waals surface area contributed by atoms with Gasteiger partial charge in [-0.25, -0.2) is 0 Å². The standard InChI is InChI=1S/C28H35N3O4/c1-17(26(33)30-16-21-5-4-14-35-21)22-10-12-28(3)13-11-23(18(2)24(28)25(22)32)31-27(34)20-8-6-19(15-29)7-9-20/h4-9,14,17-18,22-25,32H,10-13,16H2,1-3H3,(H,30,33)(H,31,34)/t17-,18+,22-,23-,24+,25-,28-/m0/s1. The van der Waals surface area contributed by atoms with Gasteiger partial charge in [0.05, 0.1) is 30.5 Å². The van der Waals surface area contributed by atoms with Crippen molar-refractivity contribution < 1.29 is 19.1 Å². The minimum absolute atomic E-state index is 0.0124. The summed E-state index contributed by atoms with van der Waals surface area (Å²) in [5.74, 6) is 0.0361. The van der Waals surface area contributed by atoms with Crippen molar-refractivity contribution in [2.45, 2.75) is 65.1 Å². The normalized spacial score (nSPS) is 31.0. The molecule has 0 saturated heterocycles. The first-order valence-electron chi connectivity index (χ1n) is 12.5. The van der Waals surface area contributed by atoms with E-state index < -0.39 is 6.10 Å². The van der Waals surface area contributed by atoms with Crippen molar-refractivity contribution in [2.24, 2.45) is 29.1 Å². The third kappa shape index (κ3) is 5.13. The molecule has 7 atom stereocenters. The number of nitriles is 1. The molecule has 2 fully saturated rings. The average molecular weight is 478 g/mol. The summed E-state index contributed by atoms with van der Waals surface area (Å²) in [6, 6.07) is 12.2. The van der Waals surface area contributed by atoms with Crippen molar-refractivity contribution in [3.63, 3.8) is 0 Å². The number of aliphatic hydroxyl groups excluding tert-OH is 1. The van der Waals surface area contributed by atoms with Gasteiger partial charge in [0.25, 0.3) is 5.91 Å². The van der Waals surface area contributed by atoms with E-state index in [-0.39, 0.29) is 46.9 Å². The number of amides is 2. The fraction of sp³-hybridized carbons (Fsp3) is 0.536. The third-order valence-electron chi connectivity index (χ3n) is 8.55. The SMILES string of the molecule is C[C@H]1[C@@H]2[C@@H](O)[C@H]([C@H](C)C(=O)NCc3ccco3)CC[C@@]2(C)CC[C@@H]1NC(=O)c1ccc(C#N)cc1. The van der Waals surface area contributed by atoms with E-state index in [9.17, 15) is 14.7 Å². The molecule has 7 nitrogen and oxygen atoms in total. The van der Waals surface area contributed by atoms with Crippen LogP contribution >= 0.6 is 0 Å². The molecule has 2 aliphatic rings. The van der Waals surface area contributed by atoms with Crippen LogP contribution in [-0.2, 0) is 11.3 Å². The number of furan rings is 1. The number of carbonyl (C=O) groups is 2. The smallest absolute Gasteiger partial charge is 0.251 e. The second-order valence-electron chi connectivity index (χ2n) is 10.6. The average Bonchev–Trinajstić information content (AvgIpc) is 3.38. The van der Waals surface area contributed by atoms with Crippen molar-refractivity contribution in [1.82, 2.24) is 10.6 Å². The van der Waals surface area contributed by atoms with E-state index in [0.29, 0.717) is 23.4 Å². The molecule has 2 amide bonds. The number of aliphatic hydroxyl groups is 1. The van der Waals surface area contributed by atoms with Crippen molar-refractivity contribution in [1.29, 1.82) is 5.26 Å². The zero-order valence-electron chi connectivity index (χ0n) is 20.7. The molecule has 0 radical (unpaired) electrons. The van der Waals surface area contributed by atoms with Crippen LogP contribution in [0.4, 0.5) is 0 Å². The van der Waals surface area contributed by atoms with Crippen molar-refractivity contribution in [2.75, 3.05) is 0 Å². The Balaban J connectivity index is 1.42. The molecular formula is C28H35N3O4. The Kier molecular flexibility index (Phi) is 7.32. The van der Waals surface area contributed by atoms with Gasteiger partial charge in [-0.05, 0) is 85.3 Å². The van der Waals surface area contributed by atoms with Crippen LogP contribution in [-0.4, -0.2) is 29.1 Å². The van der Waals surface area contributed by atoms with Gasteiger partial charge < -0.3 is 20.2 Å². The highest BCUT2D eigenvalue weighted by atomic mass is 16.3. The summed E-state index contributed by atoms with van der Waals surface area (Å²) in [7, 11) is 0. The van der Waals surface area contributed by atoms with Crippen LogP contribution in [0.25, 0.3) is 0 Å². The van der Waals surface area contributed by atoms with E-state index in [1.54, 1.807) is 36.6 Å². The molecule has 4 rings (SSSR count). The lowest BCUT2D eigenvalue weighted by atomic mass is 9.51. The number of fused-ring (bicyclic) bond motifs is 1. The molecule has 7 heteroatoms. The van der Waals surface area contributed by atoms with Gasteiger partial charge in [-0.1, -0.05) is 20.8 Å². The highest BCUT2D eigenvalue weighted by Gasteiger charge is 2.53. The molecule has 3 N–H and O–H groups in total. The minimum Gasteiger partial charge on any atom is -0.467 e. The Bertz CT molecular complexity index is 1070. The van der Waals surface area contributed by atoms with Gasteiger partial charge in [-0.2, -0.15) is 5.26 Å². The molecule has 0 unspecified atom stereocenters. The van der Waals surface area contributed by atoms with Crippen LogP contribution in [0.15, 0.2) is 47.1 Å². The fourth-order valence-corrected chi connectivity index (χ4v) is 6.39. The Morgan fingerprint density at radius 2 is 1.94 bits per heavy atom. The first-order chi connectivity index (χ1) is 16.7. The molecule has 0 spiro atoms. The van der Waals surface area contributed by atoms with E-state index in [2.05, 4.69) is 30.6 Å². The quantitative estimate of drug-likeness (QED) is 0.581. The maximum atomic E-state index is 12.9. The highest BCUT2D eigenvalue weighted by Crippen LogP contribution is 2.55. The topological polar surface area (TPSA) is 115 Å². The first-order valence-corrected chi connectivity index (χ1v) is 12.5. The van der Waals surface area contributed by atoms with Gasteiger partial charge >= 0.3 is 0 Å². The monoisotopic (exact) mass is 477 g/mol. The zero-order chi connectivity index (χ0) is 25.2. The van der Waals surface area contributed by atoms with Crippen LogP contribution in [0.5, 0.6) is 0 Å². The highest BCUT2D eigenvalue weighted by molar-refractivity contribution is 5.94. The predicted molar refractivity (Wildman–Crippen MR) is 131 cm³/mol. The number of rotatable bonds is 6. The fourth-order valence-electron chi connectivity index (χ4n) is 6.39. The molecule has 2 aliphatic carbocycles. The second-order valence-corrected chi connectivity index (χ2v) is 10.6. The predicted octanol–water partition coefficient (Wildman–Crippen LogP) is 4.03. The van der Waals surface area contributed by atoms with Gasteiger partial charge in [0.2, 0.25) is 5.91 Å². The van der Waals surface area contributed by atoms with E-state index in [1.165, 1.54) is 0 Å². The summed E-state index contributed by atoms with van der Waals surface area (Å²) >= 11 is 0. The van der Waals surface area contributed by atoms with Crippen molar-refractivity contribution in [3.8, 4) is 6.07 Å². The summed E-state index contributed by atoms with van der Waals surface area (Å²) in [6.07, 6.45) is 4.49. The van der Waals surface area contributed by atoms with Crippen LogP contribution in [0.1, 0.15) is 68.1 Å². The van der Waals surface area contributed by atoms with Gasteiger partial charge in [0, 0.05) is 17.5 Å². The summed E-state index contributed by atoms with van der Waals surface area (Å²) in [4.78, 5) is 25.8. The largest absolute Gasteiger partial charge is 0.467 e. The molecule has 0 bridgehead atoms. The van der Waals surface area contributed by atoms with Gasteiger partial charge in [0.1, 0.15) is 5.76 Å². The molecule has 0 aliphatic heterocycles. The van der Waals surface area contributed by atoms with Crippen molar-refractivity contribution >= 4 is 11.8 Å². The molecule has 35 heavy (non-hydrogen) atoms. The number of hydrogen-bond acceptors (Lipinski definition) is 5. The number of hydrogen-bond donors (Lipinski definition) is 3. The number of carbonyl (C=O) groups excluding carboxylic acids is 2. The molecular weight excluding hydrogens is 442 g/mol. The van der Waals surface area contributed by atoms with E-state index in [4.69, 9.17) is 9.68 Å². The molecule has 1 heterocycles. The Labute approximate surface area is 206 Å². The zero-order valence-corrected chi connectivity index (χ0v) is 20.7. The lowest BCUT2D eigenvalue weighted by molar-refractivity contribution is -0.142. The van der Waals surface area contributed by atoms with Crippen LogP contribution in [0.2, 0.25) is 0 Å². The lowest BCUT2D eigenvalue weighted by Gasteiger charge is -2.56. The van der Waals surface area contributed by atoms with E-state index >= 15 is 0 Å². The summed E-state index contributed by atoms with van der Waals surface area (Å²) in [6.45, 7) is 6.58. The maximum absolute atomic E-state index is 12.9. The number of nitrogens with zero attached hydrogens (tertiary/aromatic N) is 1. The second kappa shape index (κ2) is 10.2. The molecule has 2 saturated carbocycles. The summed E-state index contributed by atoms with van der Waals surface area (Å²) in [5, 5.41) is 26.7. The van der Waals surface area contributed by atoms with E-state index in [1.807, 2.05) is 13.0 Å². The van der Waals surface area contributed by atoms with E-state index in [0.717, 1.165) is 25.7 Å². The van der Waals surface area contributed by atoms with Gasteiger partial charge in [0.15, 0.2) is 0 Å². The summed E-state index contributed by atoms with van der Waals surface area (Å²) in [5.41, 5.74) is 1.02. The Morgan fingerprint density at radius 3 is 2.60 bits per heavy atom. The minimum atomic E-state index is -0.622. The molecule has 1 aromatic carbocycles. The van der Waals surface area contributed by atoms with Crippen LogP contribution in [0.3, 0.4) is 0 Å². The van der Waals surface area contributed by atoms with Crippen LogP contribution in [0, 0.1) is 40.4 Å². The number of benzene rings is 1. The molecule has 2 aromatic rings. The first kappa shape index (κ1) is 25.0. The summed E-state index contributed by atoms with van der Waals surface area (Å²) < 4.78 is 5.30. The third-order valence-corrected chi connectivity index (χ3v) is 8.55. The van der Waals surface area contributed by atoms with Crippen molar-refractivity contribution in [3.05, 3.63) is 59.5 Å². The van der Waals surface area contributed by atoms with Gasteiger partial charge in [-0.3, -0.25) is 9.59 Å². The molecule has 186 valence electrons.